The van der Waals surface area contributed by atoms with Crippen molar-refractivity contribution in [3.63, 3.8) is 0 Å². The standard InChI is InChI=1S/C26H23N3O2/c30-18-20-11-14-21(15-12-20)23-17-27-26(25(28-23)22-9-5-2-6-10-22)29-24(31)16-13-19-7-3-1-4-8-19/h1-12,14-15,17,30H,13,16,18H2,(H,27,29,31). The van der Waals surface area contributed by atoms with Crippen molar-refractivity contribution in [2.45, 2.75) is 19.4 Å². The number of aliphatic hydroxyl groups is 1. The number of amides is 1. The summed E-state index contributed by atoms with van der Waals surface area (Å²) in [4.78, 5) is 21.9. The van der Waals surface area contributed by atoms with E-state index in [9.17, 15) is 9.90 Å². The molecule has 4 aromatic rings. The van der Waals surface area contributed by atoms with Crippen LogP contribution in [0, 0.1) is 0 Å². The molecule has 0 saturated carbocycles. The number of nitrogens with zero attached hydrogens (tertiary/aromatic N) is 2. The first-order valence-corrected chi connectivity index (χ1v) is 10.2. The van der Waals surface area contributed by atoms with Crippen LogP contribution in [0.15, 0.2) is 91.1 Å². The minimum atomic E-state index is -0.101. The summed E-state index contributed by atoms with van der Waals surface area (Å²) >= 11 is 0. The number of aliphatic hydroxyl groups excluding tert-OH is 1. The monoisotopic (exact) mass is 409 g/mol. The summed E-state index contributed by atoms with van der Waals surface area (Å²) in [6.07, 6.45) is 2.69. The van der Waals surface area contributed by atoms with Gasteiger partial charge in [0.15, 0.2) is 5.82 Å². The Morgan fingerprint density at radius 1 is 0.806 bits per heavy atom. The quantitative estimate of drug-likeness (QED) is 0.456. The summed E-state index contributed by atoms with van der Waals surface area (Å²) in [5, 5.41) is 12.2. The minimum absolute atomic E-state index is 0.00479. The molecule has 0 radical (unpaired) electrons. The lowest BCUT2D eigenvalue weighted by molar-refractivity contribution is -0.116. The molecule has 3 aromatic carbocycles. The summed E-state index contributed by atoms with van der Waals surface area (Å²) in [7, 11) is 0. The topological polar surface area (TPSA) is 75.1 Å². The average Bonchev–Trinajstić information content (AvgIpc) is 2.84. The zero-order chi connectivity index (χ0) is 21.5. The molecular weight excluding hydrogens is 386 g/mol. The summed E-state index contributed by atoms with van der Waals surface area (Å²) in [6.45, 7) is -0.00479. The number of aryl methyl sites for hydroxylation is 1. The molecule has 1 aromatic heterocycles. The molecule has 0 fully saturated rings. The Labute approximate surface area is 181 Å². The molecule has 0 atom stereocenters. The maximum Gasteiger partial charge on any atom is 0.225 e. The molecule has 154 valence electrons. The Morgan fingerprint density at radius 3 is 2.16 bits per heavy atom. The van der Waals surface area contributed by atoms with E-state index in [2.05, 4.69) is 10.3 Å². The van der Waals surface area contributed by atoms with Crippen molar-refractivity contribution < 1.29 is 9.90 Å². The van der Waals surface area contributed by atoms with Crippen LogP contribution in [0.4, 0.5) is 5.82 Å². The number of rotatable bonds is 7. The highest BCUT2D eigenvalue weighted by atomic mass is 16.3. The Bertz CT molecular complexity index is 1140. The minimum Gasteiger partial charge on any atom is -0.392 e. The van der Waals surface area contributed by atoms with E-state index >= 15 is 0 Å². The van der Waals surface area contributed by atoms with E-state index in [1.807, 2.05) is 84.9 Å². The molecule has 4 rings (SSSR count). The SMILES string of the molecule is O=C(CCc1ccccc1)Nc1ncc(-c2ccc(CO)cc2)nc1-c1ccccc1. The number of anilines is 1. The fourth-order valence-electron chi connectivity index (χ4n) is 3.29. The molecule has 0 unspecified atom stereocenters. The third-order valence-corrected chi connectivity index (χ3v) is 4.99. The van der Waals surface area contributed by atoms with Gasteiger partial charge in [0.2, 0.25) is 5.91 Å². The van der Waals surface area contributed by atoms with Gasteiger partial charge < -0.3 is 10.4 Å². The first-order valence-electron chi connectivity index (χ1n) is 10.2. The van der Waals surface area contributed by atoms with E-state index in [1.165, 1.54) is 0 Å². The molecule has 0 aliphatic rings. The molecule has 5 nitrogen and oxygen atoms in total. The molecule has 0 spiro atoms. The zero-order valence-corrected chi connectivity index (χ0v) is 17.0. The van der Waals surface area contributed by atoms with Gasteiger partial charge in [0.25, 0.3) is 0 Å². The molecule has 0 aliphatic heterocycles. The second-order valence-electron chi connectivity index (χ2n) is 7.21. The smallest absolute Gasteiger partial charge is 0.225 e. The second-order valence-corrected chi connectivity index (χ2v) is 7.21. The molecule has 31 heavy (non-hydrogen) atoms. The normalized spacial score (nSPS) is 10.6. The third-order valence-electron chi connectivity index (χ3n) is 4.99. The van der Waals surface area contributed by atoms with Crippen LogP contribution in [-0.4, -0.2) is 21.0 Å². The largest absolute Gasteiger partial charge is 0.392 e. The van der Waals surface area contributed by atoms with Gasteiger partial charge in [-0.15, -0.1) is 0 Å². The highest BCUT2D eigenvalue weighted by Gasteiger charge is 2.14. The third kappa shape index (κ3) is 5.21. The summed E-state index contributed by atoms with van der Waals surface area (Å²) in [6, 6.07) is 27.2. The summed E-state index contributed by atoms with van der Waals surface area (Å²) in [5.41, 5.74) is 5.05. The molecular formula is C26H23N3O2. The molecule has 1 heterocycles. The van der Waals surface area contributed by atoms with Gasteiger partial charge in [-0.1, -0.05) is 84.9 Å². The maximum absolute atomic E-state index is 12.6. The van der Waals surface area contributed by atoms with Gasteiger partial charge in [-0.05, 0) is 17.5 Å². The molecule has 1 amide bonds. The van der Waals surface area contributed by atoms with Crippen LogP contribution >= 0.6 is 0 Å². The van der Waals surface area contributed by atoms with E-state index in [4.69, 9.17) is 4.98 Å². The lowest BCUT2D eigenvalue weighted by Crippen LogP contribution is -2.15. The average molecular weight is 409 g/mol. The van der Waals surface area contributed by atoms with Crippen LogP contribution in [0.1, 0.15) is 17.5 Å². The Balaban J connectivity index is 1.59. The number of hydrogen-bond acceptors (Lipinski definition) is 4. The van der Waals surface area contributed by atoms with Crippen molar-refractivity contribution in [1.82, 2.24) is 9.97 Å². The van der Waals surface area contributed by atoms with Gasteiger partial charge in [-0.3, -0.25) is 4.79 Å². The van der Waals surface area contributed by atoms with E-state index in [1.54, 1.807) is 6.20 Å². The number of hydrogen-bond donors (Lipinski definition) is 2. The zero-order valence-electron chi connectivity index (χ0n) is 17.0. The molecule has 0 aliphatic carbocycles. The summed E-state index contributed by atoms with van der Waals surface area (Å²) in [5.74, 6) is 0.343. The highest BCUT2D eigenvalue weighted by Crippen LogP contribution is 2.28. The lowest BCUT2D eigenvalue weighted by Gasteiger charge is -2.12. The predicted molar refractivity (Wildman–Crippen MR) is 122 cm³/mol. The van der Waals surface area contributed by atoms with Crippen molar-refractivity contribution in [2.75, 3.05) is 5.32 Å². The predicted octanol–water partition coefficient (Wildman–Crippen LogP) is 4.87. The van der Waals surface area contributed by atoms with E-state index in [0.717, 1.165) is 22.3 Å². The van der Waals surface area contributed by atoms with Crippen LogP contribution in [0.25, 0.3) is 22.5 Å². The van der Waals surface area contributed by atoms with Crippen LogP contribution < -0.4 is 5.32 Å². The lowest BCUT2D eigenvalue weighted by atomic mass is 10.1. The highest BCUT2D eigenvalue weighted by molar-refractivity contribution is 5.93. The Kier molecular flexibility index (Phi) is 6.45. The molecule has 2 N–H and O–H groups in total. The first kappa shape index (κ1) is 20.4. The van der Waals surface area contributed by atoms with Crippen molar-refractivity contribution in [3.8, 4) is 22.5 Å². The van der Waals surface area contributed by atoms with E-state index < -0.39 is 0 Å². The number of carbonyl (C=O) groups is 1. The van der Waals surface area contributed by atoms with Gasteiger partial charge in [0, 0.05) is 17.5 Å². The van der Waals surface area contributed by atoms with Crippen molar-refractivity contribution in [1.29, 1.82) is 0 Å². The summed E-state index contributed by atoms with van der Waals surface area (Å²) < 4.78 is 0. The number of nitrogens with one attached hydrogen (secondary N) is 1. The van der Waals surface area contributed by atoms with Gasteiger partial charge in [0.05, 0.1) is 18.5 Å². The van der Waals surface area contributed by atoms with Crippen LogP contribution in [0.2, 0.25) is 0 Å². The molecule has 0 bridgehead atoms. The van der Waals surface area contributed by atoms with Gasteiger partial charge in [-0.2, -0.15) is 0 Å². The van der Waals surface area contributed by atoms with Crippen LogP contribution in [-0.2, 0) is 17.8 Å². The van der Waals surface area contributed by atoms with Crippen molar-refractivity contribution in [2.24, 2.45) is 0 Å². The van der Waals surface area contributed by atoms with Crippen LogP contribution in [0.3, 0.4) is 0 Å². The molecule has 0 saturated heterocycles. The van der Waals surface area contributed by atoms with Gasteiger partial charge >= 0.3 is 0 Å². The van der Waals surface area contributed by atoms with E-state index in [0.29, 0.717) is 30.0 Å². The fourth-order valence-corrected chi connectivity index (χ4v) is 3.29. The first-order chi connectivity index (χ1) is 15.2. The van der Waals surface area contributed by atoms with Crippen LogP contribution in [0.5, 0.6) is 0 Å². The number of aromatic nitrogens is 2. The Morgan fingerprint density at radius 2 is 1.48 bits per heavy atom. The van der Waals surface area contributed by atoms with Gasteiger partial charge in [-0.25, -0.2) is 9.97 Å². The maximum atomic E-state index is 12.6. The number of benzene rings is 3. The van der Waals surface area contributed by atoms with Crippen molar-refractivity contribution >= 4 is 11.7 Å². The number of carbonyl (C=O) groups excluding carboxylic acids is 1. The second kappa shape index (κ2) is 9.78. The Hall–Kier alpha value is -3.83. The molecule has 5 heteroatoms. The van der Waals surface area contributed by atoms with Gasteiger partial charge in [0.1, 0.15) is 5.69 Å². The van der Waals surface area contributed by atoms with Crippen molar-refractivity contribution in [3.05, 3.63) is 102 Å². The fraction of sp³-hybridized carbons (Fsp3) is 0.115. The van der Waals surface area contributed by atoms with E-state index in [-0.39, 0.29) is 12.5 Å².